The van der Waals surface area contributed by atoms with Gasteiger partial charge in [0.1, 0.15) is 0 Å². The van der Waals surface area contributed by atoms with Crippen LogP contribution in [0.2, 0.25) is 0 Å². The molecule has 0 spiro atoms. The van der Waals surface area contributed by atoms with Crippen molar-refractivity contribution >= 4 is 0 Å². The second-order valence-electron chi connectivity index (χ2n) is 5.92. The standard InChI is InChI=1S/C15H24N2O/c1-10(2)15(3,18)9-17-14-8-13(16)11-6-4-5-7-12(11)14/h4-7,10,13-14,17-18H,8-9,16H2,1-3H3. The molecular formula is C15H24N2O. The van der Waals surface area contributed by atoms with Gasteiger partial charge in [-0.05, 0) is 30.4 Å². The second-order valence-corrected chi connectivity index (χ2v) is 5.92. The van der Waals surface area contributed by atoms with Crippen LogP contribution in [0.5, 0.6) is 0 Å². The Morgan fingerprint density at radius 1 is 1.39 bits per heavy atom. The van der Waals surface area contributed by atoms with E-state index < -0.39 is 5.60 Å². The van der Waals surface area contributed by atoms with Crippen molar-refractivity contribution in [2.75, 3.05) is 6.54 Å². The third-order valence-electron chi connectivity index (χ3n) is 4.21. The van der Waals surface area contributed by atoms with E-state index in [2.05, 4.69) is 17.4 Å². The number of fused-ring (bicyclic) bond motifs is 1. The first-order valence-electron chi connectivity index (χ1n) is 6.72. The summed E-state index contributed by atoms with van der Waals surface area (Å²) in [4.78, 5) is 0. The summed E-state index contributed by atoms with van der Waals surface area (Å²) in [5.74, 6) is 0.232. The van der Waals surface area contributed by atoms with E-state index in [1.54, 1.807) is 0 Å². The van der Waals surface area contributed by atoms with E-state index in [9.17, 15) is 5.11 Å². The fraction of sp³-hybridized carbons (Fsp3) is 0.600. The fourth-order valence-corrected chi connectivity index (χ4v) is 2.40. The van der Waals surface area contributed by atoms with Gasteiger partial charge in [0.05, 0.1) is 5.60 Å². The van der Waals surface area contributed by atoms with Gasteiger partial charge in [0.25, 0.3) is 0 Å². The van der Waals surface area contributed by atoms with Crippen LogP contribution in [0.25, 0.3) is 0 Å². The first-order valence-corrected chi connectivity index (χ1v) is 6.72. The second kappa shape index (κ2) is 5.00. The lowest BCUT2D eigenvalue weighted by Crippen LogP contribution is -2.43. The topological polar surface area (TPSA) is 58.3 Å². The molecule has 100 valence electrons. The normalized spacial score (nSPS) is 26.1. The van der Waals surface area contributed by atoms with Crippen molar-refractivity contribution in [1.82, 2.24) is 5.32 Å². The Bertz CT molecular complexity index is 415. The summed E-state index contributed by atoms with van der Waals surface area (Å²) in [6.45, 7) is 6.55. The van der Waals surface area contributed by atoms with Crippen LogP contribution >= 0.6 is 0 Å². The van der Waals surface area contributed by atoms with Crippen LogP contribution in [0, 0.1) is 5.92 Å². The van der Waals surface area contributed by atoms with Crippen molar-refractivity contribution in [2.24, 2.45) is 11.7 Å². The van der Waals surface area contributed by atoms with Gasteiger partial charge in [0, 0.05) is 18.6 Å². The lowest BCUT2D eigenvalue weighted by Gasteiger charge is -2.29. The van der Waals surface area contributed by atoms with Crippen molar-refractivity contribution < 1.29 is 5.11 Å². The van der Waals surface area contributed by atoms with Gasteiger partial charge in [-0.15, -0.1) is 0 Å². The molecule has 0 aliphatic heterocycles. The number of benzene rings is 1. The molecule has 18 heavy (non-hydrogen) atoms. The molecule has 3 heteroatoms. The number of aliphatic hydroxyl groups is 1. The summed E-state index contributed by atoms with van der Waals surface area (Å²) in [5, 5.41) is 13.7. The Kier molecular flexibility index (Phi) is 3.76. The predicted molar refractivity (Wildman–Crippen MR) is 74.2 cm³/mol. The molecule has 1 aromatic rings. The third-order valence-corrected chi connectivity index (χ3v) is 4.21. The molecule has 0 radical (unpaired) electrons. The van der Waals surface area contributed by atoms with Gasteiger partial charge in [-0.25, -0.2) is 0 Å². The molecule has 0 saturated heterocycles. The molecule has 1 aliphatic rings. The summed E-state index contributed by atoms with van der Waals surface area (Å²) in [6.07, 6.45) is 0.910. The molecule has 0 fully saturated rings. The SMILES string of the molecule is CC(C)C(C)(O)CNC1CC(N)c2ccccc21. The van der Waals surface area contributed by atoms with Crippen molar-refractivity contribution in [3.63, 3.8) is 0 Å². The van der Waals surface area contributed by atoms with E-state index in [0.717, 1.165) is 6.42 Å². The lowest BCUT2D eigenvalue weighted by atomic mass is 9.92. The van der Waals surface area contributed by atoms with Crippen LogP contribution < -0.4 is 11.1 Å². The van der Waals surface area contributed by atoms with Crippen LogP contribution in [0.4, 0.5) is 0 Å². The molecule has 3 atom stereocenters. The van der Waals surface area contributed by atoms with Crippen molar-refractivity contribution in [1.29, 1.82) is 0 Å². The Balaban J connectivity index is 2.05. The van der Waals surface area contributed by atoms with E-state index in [-0.39, 0.29) is 18.0 Å². The molecule has 3 nitrogen and oxygen atoms in total. The molecule has 1 aliphatic carbocycles. The minimum Gasteiger partial charge on any atom is -0.389 e. The zero-order chi connectivity index (χ0) is 13.3. The molecule has 0 amide bonds. The largest absolute Gasteiger partial charge is 0.389 e. The number of rotatable bonds is 4. The quantitative estimate of drug-likeness (QED) is 0.765. The lowest BCUT2D eigenvalue weighted by molar-refractivity contribution is 0.0116. The summed E-state index contributed by atoms with van der Waals surface area (Å²) in [6, 6.07) is 8.69. The van der Waals surface area contributed by atoms with E-state index in [0.29, 0.717) is 6.54 Å². The van der Waals surface area contributed by atoms with E-state index in [1.807, 2.05) is 32.9 Å². The van der Waals surface area contributed by atoms with Crippen molar-refractivity contribution in [2.45, 2.75) is 44.9 Å². The highest BCUT2D eigenvalue weighted by Gasteiger charge is 2.31. The number of nitrogens with one attached hydrogen (secondary N) is 1. The van der Waals surface area contributed by atoms with Crippen LogP contribution in [0.3, 0.4) is 0 Å². The van der Waals surface area contributed by atoms with E-state index in [4.69, 9.17) is 5.73 Å². The Labute approximate surface area is 109 Å². The maximum atomic E-state index is 10.3. The zero-order valence-electron chi connectivity index (χ0n) is 11.5. The number of hydrogen-bond acceptors (Lipinski definition) is 3. The molecule has 3 unspecified atom stereocenters. The fourth-order valence-electron chi connectivity index (χ4n) is 2.40. The average molecular weight is 248 g/mol. The monoisotopic (exact) mass is 248 g/mol. The highest BCUT2D eigenvalue weighted by Crippen LogP contribution is 2.37. The van der Waals surface area contributed by atoms with Gasteiger partial charge in [-0.3, -0.25) is 0 Å². The first-order chi connectivity index (χ1) is 8.42. The Morgan fingerprint density at radius 3 is 2.61 bits per heavy atom. The van der Waals surface area contributed by atoms with Gasteiger partial charge < -0.3 is 16.2 Å². The van der Waals surface area contributed by atoms with Gasteiger partial charge >= 0.3 is 0 Å². The molecule has 0 heterocycles. The molecule has 1 aromatic carbocycles. The highest BCUT2D eigenvalue weighted by atomic mass is 16.3. The summed E-state index contributed by atoms with van der Waals surface area (Å²) in [5.41, 5.74) is 7.97. The summed E-state index contributed by atoms with van der Waals surface area (Å²) >= 11 is 0. The van der Waals surface area contributed by atoms with Crippen LogP contribution in [-0.4, -0.2) is 17.3 Å². The van der Waals surface area contributed by atoms with Crippen LogP contribution in [0.15, 0.2) is 24.3 Å². The highest BCUT2D eigenvalue weighted by molar-refractivity contribution is 5.37. The predicted octanol–water partition coefficient (Wildman–Crippen LogP) is 2.13. The summed E-state index contributed by atoms with van der Waals surface area (Å²) < 4.78 is 0. The number of hydrogen-bond donors (Lipinski definition) is 3. The maximum absolute atomic E-state index is 10.3. The van der Waals surface area contributed by atoms with Gasteiger partial charge in [0.15, 0.2) is 0 Å². The van der Waals surface area contributed by atoms with Gasteiger partial charge in [0.2, 0.25) is 0 Å². The first kappa shape index (κ1) is 13.5. The van der Waals surface area contributed by atoms with Crippen molar-refractivity contribution in [3.05, 3.63) is 35.4 Å². The molecular weight excluding hydrogens is 224 g/mol. The third kappa shape index (κ3) is 2.58. The van der Waals surface area contributed by atoms with Gasteiger partial charge in [-0.2, -0.15) is 0 Å². The van der Waals surface area contributed by atoms with Crippen molar-refractivity contribution in [3.8, 4) is 0 Å². The Morgan fingerprint density at radius 2 is 2.00 bits per heavy atom. The summed E-state index contributed by atoms with van der Waals surface area (Å²) in [7, 11) is 0. The van der Waals surface area contributed by atoms with E-state index in [1.165, 1.54) is 11.1 Å². The Hall–Kier alpha value is -0.900. The van der Waals surface area contributed by atoms with Gasteiger partial charge in [-0.1, -0.05) is 38.1 Å². The maximum Gasteiger partial charge on any atom is 0.0766 e. The smallest absolute Gasteiger partial charge is 0.0766 e. The molecule has 2 rings (SSSR count). The molecule has 0 saturated carbocycles. The number of nitrogens with two attached hydrogens (primary N) is 1. The molecule has 4 N–H and O–H groups in total. The van der Waals surface area contributed by atoms with E-state index >= 15 is 0 Å². The minimum atomic E-state index is -0.679. The minimum absolute atomic E-state index is 0.114. The molecule has 0 aromatic heterocycles. The average Bonchev–Trinajstić information content (AvgIpc) is 2.65. The van der Waals surface area contributed by atoms with Crippen LogP contribution in [0.1, 0.15) is 50.4 Å². The van der Waals surface area contributed by atoms with Crippen LogP contribution in [-0.2, 0) is 0 Å². The molecule has 0 bridgehead atoms. The zero-order valence-corrected chi connectivity index (χ0v) is 11.5.